The van der Waals surface area contributed by atoms with Crippen LogP contribution < -0.4 is 10.1 Å². The summed E-state index contributed by atoms with van der Waals surface area (Å²) in [4.78, 5) is 12.3. The van der Waals surface area contributed by atoms with E-state index in [1.165, 1.54) is 5.39 Å². The summed E-state index contributed by atoms with van der Waals surface area (Å²) in [5.74, 6) is 0.580. The van der Waals surface area contributed by atoms with Gasteiger partial charge in [0.1, 0.15) is 5.75 Å². The van der Waals surface area contributed by atoms with E-state index in [9.17, 15) is 4.79 Å². The van der Waals surface area contributed by atoms with Crippen LogP contribution >= 0.6 is 0 Å². The van der Waals surface area contributed by atoms with Crippen LogP contribution in [0.4, 0.5) is 0 Å². The highest BCUT2D eigenvalue weighted by Gasteiger charge is 2.14. The normalized spacial score (nSPS) is 11.9. The number of fused-ring (bicyclic) bond motifs is 1. The molecule has 0 aliphatic heterocycles. The van der Waals surface area contributed by atoms with E-state index in [0.717, 1.165) is 16.5 Å². The van der Waals surface area contributed by atoms with Crippen LogP contribution in [0.25, 0.3) is 10.8 Å². The molecule has 122 valence electrons. The Hall–Kier alpha value is -2.81. The van der Waals surface area contributed by atoms with Crippen LogP contribution in [-0.4, -0.2) is 12.0 Å². The van der Waals surface area contributed by atoms with E-state index in [4.69, 9.17) is 4.74 Å². The molecular formula is C21H21NO2. The minimum Gasteiger partial charge on any atom is -0.481 e. The lowest BCUT2D eigenvalue weighted by Gasteiger charge is -2.15. The number of aryl methyl sites for hydroxylation is 1. The van der Waals surface area contributed by atoms with Crippen LogP contribution in [-0.2, 0) is 11.3 Å². The Kier molecular flexibility index (Phi) is 4.80. The summed E-state index contributed by atoms with van der Waals surface area (Å²) in [7, 11) is 0. The van der Waals surface area contributed by atoms with Crippen LogP contribution in [0.2, 0.25) is 0 Å². The Bertz CT molecular complexity index is 835. The fraction of sp³-hybridized carbons (Fsp3) is 0.190. The Labute approximate surface area is 142 Å². The first-order valence-corrected chi connectivity index (χ1v) is 8.11. The number of carbonyl (C=O) groups excluding carboxylic acids is 1. The van der Waals surface area contributed by atoms with Gasteiger partial charge in [-0.1, -0.05) is 60.2 Å². The Morgan fingerprint density at radius 2 is 1.71 bits per heavy atom. The molecule has 3 aromatic rings. The van der Waals surface area contributed by atoms with Gasteiger partial charge in [-0.25, -0.2) is 0 Å². The summed E-state index contributed by atoms with van der Waals surface area (Å²) in [5.41, 5.74) is 2.26. The van der Waals surface area contributed by atoms with Crippen LogP contribution in [0.5, 0.6) is 5.75 Å². The van der Waals surface area contributed by atoms with Crippen molar-refractivity contribution in [3.05, 3.63) is 77.9 Å². The maximum absolute atomic E-state index is 12.3. The quantitative estimate of drug-likeness (QED) is 0.764. The lowest BCUT2D eigenvalue weighted by atomic mass is 10.0. The molecule has 0 bridgehead atoms. The topological polar surface area (TPSA) is 38.3 Å². The molecule has 0 fully saturated rings. The average molecular weight is 319 g/mol. The second-order valence-corrected chi connectivity index (χ2v) is 5.93. The number of benzene rings is 3. The minimum absolute atomic E-state index is 0.122. The molecule has 0 aromatic heterocycles. The van der Waals surface area contributed by atoms with E-state index in [2.05, 4.69) is 23.5 Å². The zero-order chi connectivity index (χ0) is 16.9. The van der Waals surface area contributed by atoms with Crippen molar-refractivity contribution >= 4 is 16.7 Å². The van der Waals surface area contributed by atoms with Crippen molar-refractivity contribution in [3.8, 4) is 5.75 Å². The smallest absolute Gasteiger partial charge is 0.261 e. The van der Waals surface area contributed by atoms with Gasteiger partial charge in [0.05, 0.1) is 0 Å². The van der Waals surface area contributed by atoms with Gasteiger partial charge in [0.25, 0.3) is 5.91 Å². The number of rotatable bonds is 5. The second kappa shape index (κ2) is 7.18. The van der Waals surface area contributed by atoms with Crippen LogP contribution in [0.3, 0.4) is 0 Å². The van der Waals surface area contributed by atoms with E-state index in [1.807, 2.05) is 55.5 Å². The highest BCUT2D eigenvalue weighted by Crippen LogP contribution is 2.18. The summed E-state index contributed by atoms with van der Waals surface area (Å²) < 4.78 is 5.69. The van der Waals surface area contributed by atoms with Gasteiger partial charge in [-0.15, -0.1) is 0 Å². The highest BCUT2D eigenvalue weighted by molar-refractivity contribution is 5.86. The summed E-state index contributed by atoms with van der Waals surface area (Å²) in [6.07, 6.45) is -0.539. The van der Waals surface area contributed by atoms with Crippen molar-refractivity contribution in [2.75, 3.05) is 0 Å². The van der Waals surface area contributed by atoms with E-state index in [1.54, 1.807) is 6.92 Å². The van der Waals surface area contributed by atoms with Gasteiger partial charge in [-0.05, 0) is 42.3 Å². The van der Waals surface area contributed by atoms with Crippen molar-refractivity contribution in [3.63, 3.8) is 0 Å². The maximum atomic E-state index is 12.3. The number of amides is 1. The van der Waals surface area contributed by atoms with Gasteiger partial charge < -0.3 is 10.1 Å². The predicted molar refractivity (Wildman–Crippen MR) is 97.1 cm³/mol. The summed E-state index contributed by atoms with van der Waals surface area (Å²) in [5, 5.41) is 5.29. The van der Waals surface area contributed by atoms with Crippen LogP contribution in [0, 0.1) is 6.92 Å². The highest BCUT2D eigenvalue weighted by atomic mass is 16.5. The van der Waals surface area contributed by atoms with E-state index < -0.39 is 6.10 Å². The first-order chi connectivity index (χ1) is 11.6. The van der Waals surface area contributed by atoms with Crippen molar-refractivity contribution < 1.29 is 9.53 Å². The number of hydrogen-bond donors (Lipinski definition) is 1. The SMILES string of the molecule is Cc1ccc(OC(C)C(=O)NCc2cccc3ccccc23)cc1. The summed E-state index contributed by atoms with van der Waals surface area (Å²) >= 11 is 0. The van der Waals surface area contributed by atoms with E-state index >= 15 is 0 Å². The van der Waals surface area contributed by atoms with E-state index in [-0.39, 0.29) is 5.91 Å². The van der Waals surface area contributed by atoms with Crippen molar-refractivity contribution in [2.24, 2.45) is 0 Å². The van der Waals surface area contributed by atoms with Gasteiger partial charge in [-0.2, -0.15) is 0 Å². The van der Waals surface area contributed by atoms with Crippen molar-refractivity contribution in [1.82, 2.24) is 5.32 Å². The number of hydrogen-bond acceptors (Lipinski definition) is 2. The van der Waals surface area contributed by atoms with E-state index in [0.29, 0.717) is 12.3 Å². The Morgan fingerprint density at radius 1 is 1.00 bits per heavy atom. The van der Waals surface area contributed by atoms with Crippen molar-refractivity contribution in [1.29, 1.82) is 0 Å². The average Bonchev–Trinajstić information content (AvgIpc) is 2.61. The Balaban J connectivity index is 1.63. The molecule has 1 unspecified atom stereocenters. The molecule has 3 heteroatoms. The van der Waals surface area contributed by atoms with Gasteiger partial charge in [0.2, 0.25) is 0 Å². The molecule has 1 atom stereocenters. The number of carbonyl (C=O) groups is 1. The zero-order valence-electron chi connectivity index (χ0n) is 14.0. The van der Waals surface area contributed by atoms with Gasteiger partial charge in [-0.3, -0.25) is 4.79 Å². The standard InChI is InChI=1S/C21H21NO2/c1-15-10-12-19(13-11-15)24-16(2)21(23)22-14-18-8-5-7-17-6-3-4-9-20(17)18/h3-13,16H,14H2,1-2H3,(H,22,23). The monoisotopic (exact) mass is 319 g/mol. The molecule has 0 aliphatic rings. The van der Waals surface area contributed by atoms with Gasteiger partial charge >= 0.3 is 0 Å². The molecule has 0 spiro atoms. The molecule has 0 heterocycles. The molecule has 3 rings (SSSR count). The first-order valence-electron chi connectivity index (χ1n) is 8.11. The third-order valence-corrected chi connectivity index (χ3v) is 4.04. The number of nitrogens with one attached hydrogen (secondary N) is 1. The summed E-state index contributed by atoms with van der Waals surface area (Å²) in [6, 6.07) is 22.0. The first kappa shape index (κ1) is 16.1. The lowest BCUT2D eigenvalue weighted by Crippen LogP contribution is -2.35. The number of ether oxygens (including phenoxy) is 1. The Morgan fingerprint density at radius 3 is 2.50 bits per heavy atom. The lowest BCUT2D eigenvalue weighted by molar-refractivity contribution is -0.127. The third-order valence-electron chi connectivity index (χ3n) is 4.04. The van der Waals surface area contributed by atoms with Crippen LogP contribution in [0.1, 0.15) is 18.1 Å². The molecule has 3 aromatic carbocycles. The molecule has 3 nitrogen and oxygen atoms in total. The third kappa shape index (κ3) is 3.74. The molecule has 0 saturated carbocycles. The zero-order valence-corrected chi connectivity index (χ0v) is 14.0. The molecule has 0 aliphatic carbocycles. The van der Waals surface area contributed by atoms with Crippen LogP contribution in [0.15, 0.2) is 66.7 Å². The molecule has 1 N–H and O–H groups in total. The minimum atomic E-state index is -0.539. The van der Waals surface area contributed by atoms with Gasteiger partial charge in [0, 0.05) is 6.54 Å². The second-order valence-electron chi connectivity index (χ2n) is 5.93. The van der Waals surface area contributed by atoms with Crippen molar-refractivity contribution in [2.45, 2.75) is 26.5 Å². The fourth-order valence-corrected chi connectivity index (χ4v) is 2.65. The summed E-state index contributed by atoms with van der Waals surface area (Å²) in [6.45, 7) is 4.27. The maximum Gasteiger partial charge on any atom is 0.261 e. The fourth-order valence-electron chi connectivity index (χ4n) is 2.65. The molecule has 24 heavy (non-hydrogen) atoms. The molecule has 0 saturated heterocycles. The molecule has 1 amide bonds. The predicted octanol–water partition coefficient (Wildman–Crippen LogP) is 4.23. The molecule has 0 radical (unpaired) electrons. The molecular weight excluding hydrogens is 298 g/mol. The largest absolute Gasteiger partial charge is 0.481 e. The van der Waals surface area contributed by atoms with Gasteiger partial charge in [0.15, 0.2) is 6.10 Å².